The highest BCUT2D eigenvalue weighted by molar-refractivity contribution is 5.94. The summed E-state index contributed by atoms with van der Waals surface area (Å²) in [7, 11) is 1.93. The van der Waals surface area contributed by atoms with Crippen LogP contribution in [0.4, 0.5) is 5.69 Å². The maximum atomic E-state index is 12.6. The van der Waals surface area contributed by atoms with Crippen molar-refractivity contribution in [3.05, 3.63) is 72.3 Å². The van der Waals surface area contributed by atoms with Crippen molar-refractivity contribution in [2.24, 2.45) is 0 Å². The van der Waals surface area contributed by atoms with Crippen LogP contribution < -0.4 is 5.32 Å². The molecule has 0 bridgehead atoms. The van der Waals surface area contributed by atoms with Gasteiger partial charge in [0.1, 0.15) is 12.7 Å². The molecule has 1 heterocycles. The van der Waals surface area contributed by atoms with Gasteiger partial charge in [-0.2, -0.15) is 10.4 Å². The molecular formula is C21H22N6O. The Kier molecular flexibility index (Phi) is 5.82. The van der Waals surface area contributed by atoms with E-state index in [9.17, 15) is 4.79 Å². The molecular weight excluding hydrogens is 352 g/mol. The molecule has 3 aromatic rings. The quantitative estimate of drug-likeness (QED) is 0.716. The van der Waals surface area contributed by atoms with Crippen LogP contribution in [-0.2, 0) is 4.79 Å². The van der Waals surface area contributed by atoms with Crippen molar-refractivity contribution in [2.45, 2.75) is 25.9 Å². The highest BCUT2D eigenvalue weighted by Gasteiger charge is 2.23. The standard InChI is InChI=1S/C21H22N6O/c1-15(18-6-10-20(11-7-18)27-14-23-13-24-27)26(3)16(2)21(28)25-19-8-4-17(12-22)5-9-19/h4-11,13-16H,1-3H3,(H,25,28)/t15-,16+/m0/s1. The Balaban J connectivity index is 1.65. The molecule has 28 heavy (non-hydrogen) atoms. The van der Waals surface area contributed by atoms with E-state index in [0.717, 1.165) is 11.3 Å². The molecule has 1 amide bonds. The third-order valence-corrected chi connectivity index (χ3v) is 4.94. The number of carbonyl (C=O) groups is 1. The predicted octanol–water partition coefficient (Wildman–Crippen LogP) is 3.16. The molecule has 0 saturated heterocycles. The fraction of sp³-hybridized carbons (Fsp3) is 0.238. The van der Waals surface area contributed by atoms with Crippen LogP contribution >= 0.6 is 0 Å². The Bertz CT molecular complexity index is 958. The highest BCUT2D eigenvalue weighted by atomic mass is 16.2. The van der Waals surface area contributed by atoms with Crippen molar-refractivity contribution in [3.8, 4) is 11.8 Å². The van der Waals surface area contributed by atoms with E-state index >= 15 is 0 Å². The number of hydrogen-bond donors (Lipinski definition) is 1. The first-order valence-electron chi connectivity index (χ1n) is 8.97. The molecule has 7 nitrogen and oxygen atoms in total. The van der Waals surface area contributed by atoms with E-state index in [0.29, 0.717) is 11.3 Å². The summed E-state index contributed by atoms with van der Waals surface area (Å²) in [6, 6.07) is 16.6. The fourth-order valence-electron chi connectivity index (χ4n) is 2.88. The average molecular weight is 374 g/mol. The number of nitrogens with one attached hydrogen (secondary N) is 1. The maximum Gasteiger partial charge on any atom is 0.241 e. The smallest absolute Gasteiger partial charge is 0.241 e. The Labute approximate surface area is 164 Å². The van der Waals surface area contributed by atoms with Crippen LogP contribution in [0.25, 0.3) is 5.69 Å². The van der Waals surface area contributed by atoms with Crippen LogP contribution in [0.1, 0.15) is 31.0 Å². The van der Waals surface area contributed by atoms with E-state index < -0.39 is 0 Å². The predicted molar refractivity (Wildman–Crippen MR) is 107 cm³/mol. The summed E-state index contributed by atoms with van der Waals surface area (Å²) in [5, 5.41) is 15.9. The number of benzene rings is 2. The number of amides is 1. The molecule has 1 aromatic heterocycles. The van der Waals surface area contributed by atoms with E-state index in [4.69, 9.17) is 5.26 Å². The largest absolute Gasteiger partial charge is 0.325 e. The minimum Gasteiger partial charge on any atom is -0.325 e. The minimum atomic E-state index is -0.333. The Morgan fingerprint density at radius 2 is 1.82 bits per heavy atom. The van der Waals surface area contributed by atoms with Gasteiger partial charge in [0.2, 0.25) is 5.91 Å². The van der Waals surface area contributed by atoms with Gasteiger partial charge in [-0.25, -0.2) is 9.67 Å². The van der Waals surface area contributed by atoms with Gasteiger partial charge in [-0.15, -0.1) is 0 Å². The lowest BCUT2D eigenvalue weighted by Gasteiger charge is -2.30. The third-order valence-electron chi connectivity index (χ3n) is 4.94. The first kappa shape index (κ1) is 19.3. The van der Waals surface area contributed by atoms with Gasteiger partial charge in [0.05, 0.1) is 23.4 Å². The summed E-state index contributed by atoms with van der Waals surface area (Å²) < 4.78 is 1.70. The Morgan fingerprint density at radius 3 is 2.39 bits per heavy atom. The summed E-state index contributed by atoms with van der Waals surface area (Å²) in [5.74, 6) is -0.0988. The number of rotatable bonds is 6. The minimum absolute atomic E-state index is 0.0477. The van der Waals surface area contributed by atoms with E-state index in [2.05, 4.69) is 28.4 Å². The highest BCUT2D eigenvalue weighted by Crippen LogP contribution is 2.22. The van der Waals surface area contributed by atoms with E-state index in [1.165, 1.54) is 6.33 Å². The molecule has 0 spiro atoms. The lowest BCUT2D eigenvalue weighted by atomic mass is 10.1. The maximum absolute atomic E-state index is 12.6. The number of nitrogens with zero attached hydrogens (tertiary/aromatic N) is 5. The van der Waals surface area contributed by atoms with Crippen LogP contribution in [-0.4, -0.2) is 38.7 Å². The molecule has 0 unspecified atom stereocenters. The average Bonchev–Trinajstić information content (AvgIpc) is 3.27. The monoisotopic (exact) mass is 374 g/mol. The van der Waals surface area contributed by atoms with Gasteiger partial charge in [0, 0.05) is 11.7 Å². The molecule has 3 rings (SSSR count). The normalized spacial score (nSPS) is 13.0. The second kappa shape index (κ2) is 8.46. The second-order valence-corrected chi connectivity index (χ2v) is 6.63. The fourth-order valence-corrected chi connectivity index (χ4v) is 2.88. The topological polar surface area (TPSA) is 86.8 Å². The van der Waals surface area contributed by atoms with Gasteiger partial charge < -0.3 is 5.32 Å². The van der Waals surface area contributed by atoms with Crippen molar-refractivity contribution < 1.29 is 4.79 Å². The summed E-state index contributed by atoms with van der Waals surface area (Å²) in [6.07, 6.45) is 3.15. The number of likely N-dealkylation sites (N-methyl/N-ethyl adjacent to an activating group) is 1. The molecule has 0 aliphatic rings. The number of nitriles is 1. The summed E-state index contributed by atoms with van der Waals surface area (Å²) in [6.45, 7) is 3.94. The lowest BCUT2D eigenvalue weighted by Crippen LogP contribution is -2.40. The molecule has 0 saturated carbocycles. The molecule has 7 heteroatoms. The number of carbonyl (C=O) groups excluding carboxylic acids is 1. The summed E-state index contributed by atoms with van der Waals surface area (Å²) >= 11 is 0. The van der Waals surface area contributed by atoms with Crippen LogP contribution in [0.5, 0.6) is 0 Å². The van der Waals surface area contributed by atoms with Gasteiger partial charge >= 0.3 is 0 Å². The van der Waals surface area contributed by atoms with Crippen LogP contribution in [0, 0.1) is 11.3 Å². The summed E-state index contributed by atoms with van der Waals surface area (Å²) in [5.41, 5.74) is 3.27. The van der Waals surface area contributed by atoms with Gasteiger partial charge in [0.25, 0.3) is 0 Å². The molecule has 2 atom stereocenters. The summed E-state index contributed by atoms with van der Waals surface area (Å²) in [4.78, 5) is 18.6. The molecule has 142 valence electrons. The molecule has 0 fully saturated rings. The SMILES string of the molecule is C[C@H](C(=O)Nc1ccc(C#N)cc1)N(C)[C@@H](C)c1ccc(-n2cncn2)cc1. The molecule has 0 aliphatic carbocycles. The number of hydrogen-bond acceptors (Lipinski definition) is 5. The zero-order valence-corrected chi connectivity index (χ0v) is 16.1. The van der Waals surface area contributed by atoms with Gasteiger partial charge in [-0.05, 0) is 62.9 Å². The van der Waals surface area contributed by atoms with Crippen LogP contribution in [0.15, 0.2) is 61.2 Å². The van der Waals surface area contributed by atoms with Crippen LogP contribution in [0.2, 0.25) is 0 Å². The lowest BCUT2D eigenvalue weighted by molar-refractivity contribution is -0.121. The molecule has 2 aromatic carbocycles. The van der Waals surface area contributed by atoms with Gasteiger partial charge in [-0.1, -0.05) is 12.1 Å². The van der Waals surface area contributed by atoms with Crippen molar-refractivity contribution in [3.63, 3.8) is 0 Å². The van der Waals surface area contributed by atoms with E-state index in [1.54, 1.807) is 35.3 Å². The molecule has 1 N–H and O–H groups in total. The molecule has 0 radical (unpaired) electrons. The number of anilines is 1. The van der Waals surface area contributed by atoms with Crippen molar-refractivity contribution >= 4 is 11.6 Å². The Morgan fingerprint density at radius 1 is 1.14 bits per heavy atom. The van der Waals surface area contributed by atoms with E-state index in [1.807, 2.05) is 43.1 Å². The second-order valence-electron chi connectivity index (χ2n) is 6.63. The zero-order chi connectivity index (χ0) is 20.1. The van der Waals surface area contributed by atoms with Gasteiger partial charge in [0.15, 0.2) is 0 Å². The third kappa shape index (κ3) is 4.24. The van der Waals surface area contributed by atoms with E-state index in [-0.39, 0.29) is 18.0 Å². The molecule has 0 aliphatic heterocycles. The van der Waals surface area contributed by atoms with Crippen LogP contribution in [0.3, 0.4) is 0 Å². The number of aromatic nitrogens is 3. The van der Waals surface area contributed by atoms with Crippen molar-refractivity contribution in [2.75, 3.05) is 12.4 Å². The van der Waals surface area contributed by atoms with Crippen molar-refractivity contribution in [1.82, 2.24) is 19.7 Å². The van der Waals surface area contributed by atoms with Crippen molar-refractivity contribution in [1.29, 1.82) is 5.26 Å². The first-order chi connectivity index (χ1) is 13.5. The Hall–Kier alpha value is -3.50. The van der Waals surface area contributed by atoms with Gasteiger partial charge in [-0.3, -0.25) is 9.69 Å². The first-order valence-corrected chi connectivity index (χ1v) is 8.97. The zero-order valence-electron chi connectivity index (χ0n) is 16.1.